The molecule has 0 amide bonds. The van der Waals surface area contributed by atoms with Gasteiger partial charge in [-0.3, -0.25) is 9.59 Å². The van der Waals surface area contributed by atoms with Gasteiger partial charge in [0.05, 0.1) is 11.1 Å². The maximum absolute atomic E-state index is 10.1. The maximum atomic E-state index is 10.1. The van der Waals surface area contributed by atoms with Gasteiger partial charge in [0, 0.05) is 16.5 Å². The number of benzene rings is 2. The molecule has 0 bridgehead atoms. The van der Waals surface area contributed by atoms with Crippen molar-refractivity contribution in [3.8, 4) is 11.5 Å². The van der Waals surface area contributed by atoms with Gasteiger partial charge in [0.2, 0.25) is 0 Å². The van der Waals surface area contributed by atoms with E-state index < -0.39 is 0 Å². The summed E-state index contributed by atoms with van der Waals surface area (Å²) in [4.78, 5) is 20.1. The standard InChI is InChI=1S/2C7H6O2.C2H4.Ni/c2*8-5-6-3-1-2-4-7(6)9;1-2;/h2*1-5,9H;1-2H2;. The van der Waals surface area contributed by atoms with E-state index in [9.17, 15) is 9.59 Å². The normalized spacial score (nSPS) is 7.81. The summed E-state index contributed by atoms with van der Waals surface area (Å²) in [5.74, 6) is 0.0694. The first-order valence-electron chi connectivity index (χ1n) is 5.65. The second kappa shape index (κ2) is 12.6. The van der Waals surface area contributed by atoms with Crippen molar-refractivity contribution >= 4 is 12.6 Å². The molecule has 2 aromatic rings. The van der Waals surface area contributed by atoms with E-state index in [0.717, 1.165) is 0 Å². The Morgan fingerprint density at radius 2 is 1.00 bits per heavy atom. The van der Waals surface area contributed by atoms with E-state index in [1.165, 1.54) is 12.1 Å². The van der Waals surface area contributed by atoms with E-state index in [1.54, 1.807) is 36.4 Å². The number of hydrogen-bond acceptors (Lipinski definition) is 4. The molecule has 0 heterocycles. The third kappa shape index (κ3) is 7.70. The minimum absolute atomic E-state index is 0. The van der Waals surface area contributed by atoms with Crippen LogP contribution in [0.4, 0.5) is 0 Å². The molecule has 0 fully saturated rings. The van der Waals surface area contributed by atoms with Gasteiger partial charge in [-0.1, -0.05) is 24.3 Å². The van der Waals surface area contributed by atoms with Gasteiger partial charge in [-0.25, -0.2) is 0 Å². The van der Waals surface area contributed by atoms with Crippen molar-refractivity contribution in [2.75, 3.05) is 0 Å². The van der Waals surface area contributed by atoms with E-state index >= 15 is 0 Å². The minimum atomic E-state index is 0. The molecule has 0 aliphatic carbocycles. The van der Waals surface area contributed by atoms with E-state index in [4.69, 9.17) is 10.2 Å². The third-order valence-electron chi connectivity index (χ3n) is 2.13. The van der Waals surface area contributed by atoms with E-state index in [-0.39, 0.29) is 28.0 Å². The minimum Gasteiger partial charge on any atom is -0.507 e. The van der Waals surface area contributed by atoms with Crippen LogP contribution in [0.1, 0.15) is 20.7 Å². The van der Waals surface area contributed by atoms with Gasteiger partial charge in [0.15, 0.2) is 12.6 Å². The van der Waals surface area contributed by atoms with Crippen molar-refractivity contribution in [2.45, 2.75) is 0 Å². The summed E-state index contributed by atoms with van der Waals surface area (Å²) in [5, 5.41) is 17.8. The summed E-state index contributed by atoms with van der Waals surface area (Å²) >= 11 is 0. The number of carbonyl (C=O) groups excluding carboxylic acids is 2. The quantitative estimate of drug-likeness (QED) is 0.503. The molecule has 2 aromatic carbocycles. The summed E-state index contributed by atoms with van der Waals surface area (Å²) in [5.41, 5.74) is 0.662. The predicted molar refractivity (Wildman–Crippen MR) is 78.2 cm³/mol. The molecule has 2 rings (SSSR count). The Bertz CT molecular complexity index is 506. The van der Waals surface area contributed by atoms with Crippen LogP contribution in [-0.2, 0) is 16.5 Å². The summed E-state index contributed by atoms with van der Waals surface area (Å²) in [6, 6.07) is 12.8. The van der Waals surface area contributed by atoms with Crippen LogP contribution in [0.15, 0.2) is 61.7 Å². The molecule has 0 radical (unpaired) electrons. The number of phenolic OH excluding ortho intramolecular Hbond substituents is 2. The zero-order valence-corrected chi connectivity index (χ0v) is 12.2. The molecule has 0 saturated heterocycles. The van der Waals surface area contributed by atoms with Gasteiger partial charge in [0.1, 0.15) is 11.5 Å². The van der Waals surface area contributed by atoms with Crippen molar-refractivity contribution in [2.24, 2.45) is 0 Å². The molecular formula is C16H16NiO4. The zero-order valence-electron chi connectivity index (χ0n) is 11.2. The Hall–Kier alpha value is -2.39. The fraction of sp³-hybridized carbons (Fsp3) is 0. The third-order valence-corrected chi connectivity index (χ3v) is 2.13. The monoisotopic (exact) mass is 330 g/mol. The van der Waals surface area contributed by atoms with E-state index in [0.29, 0.717) is 23.7 Å². The van der Waals surface area contributed by atoms with Gasteiger partial charge in [0.25, 0.3) is 0 Å². The molecule has 5 heteroatoms. The molecule has 0 saturated carbocycles. The topological polar surface area (TPSA) is 74.6 Å². The average molecular weight is 331 g/mol. The van der Waals surface area contributed by atoms with Crippen molar-refractivity contribution in [1.29, 1.82) is 0 Å². The summed E-state index contributed by atoms with van der Waals surface area (Å²) in [7, 11) is 0. The second-order valence-corrected chi connectivity index (χ2v) is 3.35. The van der Waals surface area contributed by atoms with Crippen LogP contribution < -0.4 is 0 Å². The second-order valence-electron chi connectivity index (χ2n) is 3.35. The van der Waals surface area contributed by atoms with Crippen molar-refractivity contribution < 1.29 is 36.3 Å². The number of carbonyl (C=O) groups is 2. The van der Waals surface area contributed by atoms with Crippen molar-refractivity contribution in [3.63, 3.8) is 0 Å². The molecule has 0 spiro atoms. The smallest absolute Gasteiger partial charge is 0.153 e. The number of hydrogen-bond donors (Lipinski definition) is 2. The van der Waals surface area contributed by atoms with Crippen LogP contribution in [-0.4, -0.2) is 22.8 Å². The van der Waals surface area contributed by atoms with Gasteiger partial charge in [-0.15, -0.1) is 13.2 Å². The predicted octanol–water partition coefficient (Wildman–Crippen LogP) is 3.21. The van der Waals surface area contributed by atoms with Gasteiger partial charge < -0.3 is 10.2 Å². The number of aromatic hydroxyl groups is 2. The van der Waals surface area contributed by atoms with Crippen molar-refractivity contribution in [1.82, 2.24) is 0 Å². The summed E-state index contributed by atoms with van der Waals surface area (Å²) < 4.78 is 0. The van der Waals surface area contributed by atoms with Gasteiger partial charge in [-0.2, -0.15) is 0 Å². The summed E-state index contributed by atoms with van der Waals surface area (Å²) in [6.07, 6.45) is 1.24. The number of rotatable bonds is 2. The first-order valence-corrected chi connectivity index (χ1v) is 5.65. The fourth-order valence-electron chi connectivity index (χ4n) is 1.17. The number of phenols is 2. The molecule has 114 valence electrons. The Morgan fingerprint density at radius 3 is 1.19 bits per heavy atom. The molecule has 4 nitrogen and oxygen atoms in total. The maximum Gasteiger partial charge on any atom is 0.153 e. The van der Waals surface area contributed by atoms with Gasteiger partial charge in [-0.05, 0) is 24.3 Å². The average Bonchev–Trinajstić information content (AvgIpc) is 2.51. The Kier molecular flexibility index (Phi) is 12.6. The molecule has 0 aliphatic heterocycles. The van der Waals surface area contributed by atoms with E-state index in [1.807, 2.05) is 0 Å². The fourth-order valence-corrected chi connectivity index (χ4v) is 1.17. The Balaban J connectivity index is 0. The molecule has 0 atom stereocenters. The first-order chi connectivity index (χ1) is 9.69. The van der Waals surface area contributed by atoms with E-state index in [2.05, 4.69) is 13.2 Å². The molecule has 2 N–H and O–H groups in total. The largest absolute Gasteiger partial charge is 0.507 e. The number of aldehydes is 2. The van der Waals surface area contributed by atoms with Crippen LogP contribution in [0.2, 0.25) is 0 Å². The Morgan fingerprint density at radius 1 is 0.714 bits per heavy atom. The SMILES string of the molecule is C=C.O=Cc1ccccc1O.O=Cc1ccccc1O.[Ni]. The van der Waals surface area contributed by atoms with Crippen LogP contribution in [0.25, 0.3) is 0 Å². The Labute approximate surface area is 133 Å². The molecule has 21 heavy (non-hydrogen) atoms. The van der Waals surface area contributed by atoms with Crippen LogP contribution in [0, 0.1) is 0 Å². The molecular weight excluding hydrogens is 315 g/mol. The van der Waals surface area contributed by atoms with Crippen LogP contribution in [0.3, 0.4) is 0 Å². The molecule has 0 aliphatic rings. The molecule has 0 unspecified atom stereocenters. The van der Waals surface area contributed by atoms with Crippen molar-refractivity contribution in [3.05, 3.63) is 72.8 Å². The molecule has 0 aromatic heterocycles. The van der Waals surface area contributed by atoms with Crippen LogP contribution >= 0.6 is 0 Å². The number of para-hydroxylation sites is 2. The zero-order chi connectivity index (χ0) is 15.4. The van der Waals surface area contributed by atoms with Gasteiger partial charge >= 0.3 is 0 Å². The summed E-state index contributed by atoms with van der Waals surface area (Å²) in [6.45, 7) is 6.00. The van der Waals surface area contributed by atoms with Crippen LogP contribution in [0.5, 0.6) is 11.5 Å². The first kappa shape index (κ1) is 20.9.